The molecule has 1 aromatic rings. The van der Waals surface area contributed by atoms with Crippen LogP contribution in [0.1, 0.15) is 22.8 Å². The highest BCUT2D eigenvalue weighted by molar-refractivity contribution is 5.89. The smallest absolute Gasteiger partial charge is 0.337 e. The maximum Gasteiger partial charge on any atom is 0.337 e. The van der Waals surface area contributed by atoms with Crippen molar-refractivity contribution in [2.24, 2.45) is 0 Å². The largest absolute Gasteiger partial charge is 0.465 e. The fourth-order valence-corrected chi connectivity index (χ4v) is 1.32. The van der Waals surface area contributed by atoms with Gasteiger partial charge in [-0.1, -0.05) is 12.1 Å². The molecule has 0 atom stereocenters. The SMILES string of the molecule is COC(=O)c1ccc(CCNNC(C)=O)cc1. The molecule has 5 heteroatoms. The molecule has 5 nitrogen and oxygen atoms in total. The molecule has 1 aromatic carbocycles. The number of esters is 1. The van der Waals surface area contributed by atoms with Crippen molar-refractivity contribution in [1.29, 1.82) is 0 Å². The van der Waals surface area contributed by atoms with E-state index in [9.17, 15) is 9.59 Å². The maximum absolute atomic E-state index is 11.2. The minimum atomic E-state index is -0.340. The highest BCUT2D eigenvalue weighted by Crippen LogP contribution is 2.05. The first-order valence-electron chi connectivity index (χ1n) is 5.30. The van der Waals surface area contributed by atoms with Crippen LogP contribution in [0.2, 0.25) is 0 Å². The van der Waals surface area contributed by atoms with Crippen LogP contribution in [0.3, 0.4) is 0 Å². The second-order valence-electron chi connectivity index (χ2n) is 3.55. The lowest BCUT2D eigenvalue weighted by Crippen LogP contribution is -2.36. The predicted octanol–water partition coefficient (Wildman–Crippen LogP) is 0.656. The van der Waals surface area contributed by atoms with E-state index in [0.29, 0.717) is 12.1 Å². The summed E-state index contributed by atoms with van der Waals surface area (Å²) in [7, 11) is 1.35. The minimum absolute atomic E-state index is 0.119. The van der Waals surface area contributed by atoms with Gasteiger partial charge in [0.1, 0.15) is 0 Å². The topological polar surface area (TPSA) is 67.4 Å². The summed E-state index contributed by atoms with van der Waals surface area (Å²) in [5, 5.41) is 0. The summed E-state index contributed by atoms with van der Waals surface area (Å²) in [5.41, 5.74) is 6.89. The third kappa shape index (κ3) is 4.65. The highest BCUT2D eigenvalue weighted by atomic mass is 16.5. The molecule has 0 aliphatic heterocycles. The Bertz CT molecular complexity index is 387. The molecule has 0 aromatic heterocycles. The molecule has 0 saturated carbocycles. The summed E-state index contributed by atoms with van der Waals surface area (Å²) in [6.45, 7) is 2.08. The van der Waals surface area contributed by atoms with Gasteiger partial charge in [0.2, 0.25) is 5.91 Å². The number of methoxy groups -OCH3 is 1. The molecule has 0 spiro atoms. The van der Waals surface area contributed by atoms with E-state index in [0.717, 1.165) is 12.0 Å². The Labute approximate surface area is 100 Å². The van der Waals surface area contributed by atoms with Crippen LogP contribution < -0.4 is 10.9 Å². The monoisotopic (exact) mass is 236 g/mol. The summed E-state index contributed by atoms with van der Waals surface area (Å²) in [5.74, 6) is -0.459. The number of rotatable bonds is 5. The minimum Gasteiger partial charge on any atom is -0.465 e. The van der Waals surface area contributed by atoms with Crippen LogP contribution in [-0.2, 0) is 16.0 Å². The molecule has 92 valence electrons. The van der Waals surface area contributed by atoms with E-state index in [1.54, 1.807) is 12.1 Å². The van der Waals surface area contributed by atoms with Crippen LogP contribution in [-0.4, -0.2) is 25.5 Å². The molecule has 0 fully saturated rings. The van der Waals surface area contributed by atoms with Crippen LogP contribution in [0, 0.1) is 0 Å². The summed E-state index contributed by atoms with van der Waals surface area (Å²) >= 11 is 0. The van der Waals surface area contributed by atoms with Gasteiger partial charge in [-0.3, -0.25) is 10.2 Å². The zero-order valence-corrected chi connectivity index (χ0v) is 9.95. The van der Waals surface area contributed by atoms with Crippen LogP contribution in [0.5, 0.6) is 0 Å². The number of hydrogen-bond donors (Lipinski definition) is 2. The predicted molar refractivity (Wildman–Crippen MR) is 63.3 cm³/mol. The van der Waals surface area contributed by atoms with E-state index in [1.165, 1.54) is 14.0 Å². The Kier molecular flexibility index (Phi) is 5.16. The van der Waals surface area contributed by atoms with Gasteiger partial charge in [0.05, 0.1) is 12.7 Å². The van der Waals surface area contributed by atoms with Crippen molar-refractivity contribution in [3.05, 3.63) is 35.4 Å². The van der Waals surface area contributed by atoms with Crippen LogP contribution in [0.15, 0.2) is 24.3 Å². The molecule has 0 aliphatic rings. The van der Waals surface area contributed by atoms with Gasteiger partial charge in [-0.15, -0.1) is 0 Å². The van der Waals surface area contributed by atoms with E-state index in [1.807, 2.05) is 12.1 Å². The van der Waals surface area contributed by atoms with E-state index in [4.69, 9.17) is 0 Å². The van der Waals surface area contributed by atoms with Crippen molar-refractivity contribution in [3.8, 4) is 0 Å². The van der Waals surface area contributed by atoms with E-state index in [2.05, 4.69) is 15.6 Å². The lowest BCUT2D eigenvalue weighted by molar-refractivity contribution is -0.119. The molecule has 0 radical (unpaired) electrons. The standard InChI is InChI=1S/C12H16N2O3/c1-9(15)14-13-8-7-10-3-5-11(6-4-10)12(16)17-2/h3-6,13H,7-8H2,1-2H3,(H,14,15). The number of hydrogen-bond acceptors (Lipinski definition) is 4. The number of carbonyl (C=O) groups excluding carboxylic acids is 2. The molecule has 0 bridgehead atoms. The van der Waals surface area contributed by atoms with Crippen LogP contribution in [0.4, 0.5) is 0 Å². The van der Waals surface area contributed by atoms with Crippen molar-refractivity contribution < 1.29 is 14.3 Å². The van der Waals surface area contributed by atoms with Gasteiger partial charge < -0.3 is 4.74 Å². The Morgan fingerprint density at radius 3 is 2.41 bits per heavy atom. The Hall–Kier alpha value is -1.88. The fraction of sp³-hybridized carbons (Fsp3) is 0.333. The lowest BCUT2D eigenvalue weighted by atomic mass is 10.1. The van der Waals surface area contributed by atoms with Crippen molar-refractivity contribution in [1.82, 2.24) is 10.9 Å². The van der Waals surface area contributed by atoms with Gasteiger partial charge in [0.15, 0.2) is 0 Å². The Morgan fingerprint density at radius 2 is 1.88 bits per heavy atom. The first kappa shape index (κ1) is 13.2. The third-order valence-corrected chi connectivity index (χ3v) is 2.18. The van der Waals surface area contributed by atoms with Crippen molar-refractivity contribution in [2.75, 3.05) is 13.7 Å². The van der Waals surface area contributed by atoms with Crippen molar-refractivity contribution in [3.63, 3.8) is 0 Å². The zero-order chi connectivity index (χ0) is 12.7. The lowest BCUT2D eigenvalue weighted by Gasteiger charge is -2.05. The summed E-state index contributed by atoms with van der Waals surface area (Å²) in [6, 6.07) is 7.17. The van der Waals surface area contributed by atoms with E-state index in [-0.39, 0.29) is 11.9 Å². The molecule has 0 heterocycles. The summed E-state index contributed by atoms with van der Waals surface area (Å²) in [6.07, 6.45) is 0.766. The first-order valence-corrected chi connectivity index (χ1v) is 5.30. The molecule has 0 unspecified atom stereocenters. The van der Waals surface area contributed by atoms with Crippen molar-refractivity contribution in [2.45, 2.75) is 13.3 Å². The Balaban J connectivity index is 2.40. The first-order chi connectivity index (χ1) is 8.13. The molecule has 2 N–H and O–H groups in total. The van der Waals surface area contributed by atoms with E-state index >= 15 is 0 Å². The fourth-order valence-electron chi connectivity index (χ4n) is 1.32. The number of hydrazine groups is 1. The quantitative estimate of drug-likeness (QED) is 0.447. The molecular formula is C12H16N2O3. The number of carbonyl (C=O) groups is 2. The molecule has 1 rings (SSSR count). The van der Waals surface area contributed by atoms with Crippen LogP contribution >= 0.6 is 0 Å². The molecule has 0 aliphatic carbocycles. The maximum atomic E-state index is 11.2. The van der Waals surface area contributed by atoms with E-state index < -0.39 is 0 Å². The zero-order valence-electron chi connectivity index (χ0n) is 9.95. The average Bonchev–Trinajstić information content (AvgIpc) is 2.34. The normalized spacial score (nSPS) is 9.76. The number of nitrogens with one attached hydrogen (secondary N) is 2. The average molecular weight is 236 g/mol. The van der Waals surface area contributed by atoms with Crippen LogP contribution in [0.25, 0.3) is 0 Å². The molecular weight excluding hydrogens is 220 g/mol. The van der Waals surface area contributed by atoms with Crippen molar-refractivity contribution >= 4 is 11.9 Å². The molecule has 1 amide bonds. The third-order valence-electron chi connectivity index (χ3n) is 2.18. The van der Waals surface area contributed by atoms with Gasteiger partial charge in [0, 0.05) is 13.5 Å². The summed E-state index contributed by atoms with van der Waals surface area (Å²) in [4.78, 5) is 21.8. The van der Waals surface area contributed by atoms with Gasteiger partial charge >= 0.3 is 5.97 Å². The van der Waals surface area contributed by atoms with Gasteiger partial charge in [-0.25, -0.2) is 10.2 Å². The van der Waals surface area contributed by atoms with Gasteiger partial charge in [-0.05, 0) is 24.1 Å². The summed E-state index contributed by atoms with van der Waals surface area (Å²) < 4.78 is 4.60. The number of benzene rings is 1. The van der Waals surface area contributed by atoms with Gasteiger partial charge in [0.25, 0.3) is 0 Å². The van der Waals surface area contributed by atoms with Gasteiger partial charge in [-0.2, -0.15) is 0 Å². The second-order valence-corrected chi connectivity index (χ2v) is 3.55. The molecule has 0 saturated heterocycles. The Morgan fingerprint density at radius 1 is 1.24 bits per heavy atom. The second kappa shape index (κ2) is 6.65. The number of amides is 1. The molecule has 17 heavy (non-hydrogen) atoms. The highest BCUT2D eigenvalue weighted by Gasteiger charge is 2.03. The number of ether oxygens (including phenoxy) is 1.